The fourth-order valence-corrected chi connectivity index (χ4v) is 4.38. The van der Waals surface area contributed by atoms with Crippen molar-refractivity contribution in [2.24, 2.45) is 5.73 Å². The minimum Gasteiger partial charge on any atom is -0.360 e. The number of rotatable bonds is 4. The first-order valence-corrected chi connectivity index (χ1v) is 8.70. The van der Waals surface area contributed by atoms with Crippen LogP contribution in [0.25, 0.3) is 0 Å². The van der Waals surface area contributed by atoms with Crippen molar-refractivity contribution >= 4 is 21.6 Å². The first kappa shape index (κ1) is 15.1. The van der Waals surface area contributed by atoms with Gasteiger partial charge in [-0.15, -0.1) is 0 Å². The van der Waals surface area contributed by atoms with Gasteiger partial charge in [-0.25, -0.2) is 8.42 Å². The van der Waals surface area contributed by atoms with Crippen molar-refractivity contribution in [3.05, 3.63) is 64.6 Å². The zero-order valence-electron chi connectivity index (χ0n) is 11.8. The Labute approximate surface area is 134 Å². The summed E-state index contributed by atoms with van der Waals surface area (Å²) in [5.41, 5.74) is 8.10. The number of fused-ring (bicyclic) bond motifs is 1. The number of nitrogens with zero attached hydrogens (tertiary/aromatic N) is 1. The van der Waals surface area contributed by atoms with E-state index in [9.17, 15) is 8.42 Å². The number of hydrogen-bond donors (Lipinski definition) is 2. The van der Waals surface area contributed by atoms with Gasteiger partial charge in [0.15, 0.2) is 0 Å². The van der Waals surface area contributed by atoms with Crippen molar-refractivity contribution in [1.82, 2.24) is 9.62 Å². The van der Waals surface area contributed by atoms with Crippen LogP contribution in [0.3, 0.4) is 0 Å². The van der Waals surface area contributed by atoms with Gasteiger partial charge in [0.05, 0.1) is 22.8 Å². The highest BCUT2D eigenvalue weighted by atomic mass is 35.5. The molecule has 0 radical (unpaired) electrons. The van der Waals surface area contributed by atoms with Crippen LogP contribution in [0, 0.1) is 0 Å². The predicted octanol–water partition coefficient (Wildman–Crippen LogP) is 1.95. The molecule has 3 N–H and O–H groups in total. The van der Waals surface area contributed by atoms with Gasteiger partial charge in [-0.3, -0.25) is 4.31 Å². The lowest BCUT2D eigenvalue weighted by atomic mass is 10.1. The number of sulfonamides is 1. The standard InChI is InChI=1S/C15H16ClN3O2S/c16-12-3-1-4-13(9-12)22(20,21)19-10-11(6-7-17)15-14(19)5-2-8-18-15/h1-5,8-9,18H,6-7,10,17H2. The van der Waals surface area contributed by atoms with Gasteiger partial charge < -0.3 is 11.1 Å². The van der Waals surface area contributed by atoms with Gasteiger partial charge in [-0.1, -0.05) is 17.7 Å². The van der Waals surface area contributed by atoms with Crippen LogP contribution < -0.4 is 11.1 Å². The van der Waals surface area contributed by atoms with Crippen molar-refractivity contribution in [2.45, 2.75) is 11.3 Å². The molecule has 3 rings (SSSR count). The van der Waals surface area contributed by atoms with E-state index in [2.05, 4.69) is 5.32 Å². The minimum atomic E-state index is -3.66. The third-order valence-corrected chi connectivity index (χ3v) is 5.61. The average molecular weight is 338 g/mol. The number of allylic oxidation sites excluding steroid dienone is 2. The molecule has 7 heteroatoms. The molecule has 0 amide bonds. The van der Waals surface area contributed by atoms with Crippen LogP contribution >= 0.6 is 11.6 Å². The molecule has 0 aromatic heterocycles. The van der Waals surface area contributed by atoms with E-state index in [1.807, 2.05) is 0 Å². The largest absolute Gasteiger partial charge is 0.360 e. The summed E-state index contributed by atoms with van der Waals surface area (Å²) in [7, 11) is -3.66. The van der Waals surface area contributed by atoms with Crippen molar-refractivity contribution in [1.29, 1.82) is 0 Å². The Morgan fingerprint density at radius 3 is 2.91 bits per heavy atom. The monoisotopic (exact) mass is 337 g/mol. The Hall–Kier alpha value is -1.76. The van der Waals surface area contributed by atoms with Gasteiger partial charge in [-0.2, -0.15) is 0 Å². The fourth-order valence-electron chi connectivity index (χ4n) is 2.60. The van der Waals surface area contributed by atoms with Gasteiger partial charge >= 0.3 is 0 Å². The maximum absolute atomic E-state index is 12.9. The van der Waals surface area contributed by atoms with Gasteiger partial charge in [0.1, 0.15) is 0 Å². The third kappa shape index (κ3) is 2.54. The van der Waals surface area contributed by atoms with Crippen LogP contribution in [0.4, 0.5) is 0 Å². The van der Waals surface area contributed by atoms with Crippen LogP contribution in [-0.2, 0) is 10.0 Å². The second-order valence-electron chi connectivity index (χ2n) is 5.04. The van der Waals surface area contributed by atoms with Gasteiger partial charge in [-0.05, 0) is 48.9 Å². The molecule has 22 heavy (non-hydrogen) atoms. The summed E-state index contributed by atoms with van der Waals surface area (Å²) in [5, 5.41) is 3.52. The van der Waals surface area contributed by atoms with E-state index in [4.69, 9.17) is 17.3 Å². The van der Waals surface area contributed by atoms with Crippen LogP contribution in [-0.4, -0.2) is 25.8 Å². The molecule has 2 aliphatic heterocycles. The molecule has 0 fully saturated rings. The van der Waals surface area contributed by atoms with Crippen LogP contribution in [0.2, 0.25) is 5.02 Å². The van der Waals surface area contributed by atoms with Crippen molar-refractivity contribution in [2.75, 3.05) is 13.1 Å². The van der Waals surface area contributed by atoms with Crippen molar-refractivity contribution in [3.63, 3.8) is 0 Å². The van der Waals surface area contributed by atoms with Crippen molar-refractivity contribution < 1.29 is 8.42 Å². The van der Waals surface area contributed by atoms with Crippen molar-refractivity contribution in [3.8, 4) is 0 Å². The van der Waals surface area contributed by atoms with E-state index in [-0.39, 0.29) is 4.90 Å². The molecular weight excluding hydrogens is 322 g/mol. The van der Waals surface area contributed by atoms with E-state index in [1.54, 1.807) is 36.6 Å². The van der Waals surface area contributed by atoms with Gasteiger partial charge in [0.2, 0.25) is 0 Å². The van der Waals surface area contributed by atoms with E-state index >= 15 is 0 Å². The molecule has 0 aliphatic carbocycles. The zero-order chi connectivity index (χ0) is 15.7. The lowest BCUT2D eigenvalue weighted by Gasteiger charge is -2.22. The van der Waals surface area contributed by atoms with E-state index in [0.717, 1.165) is 11.3 Å². The smallest absolute Gasteiger partial charge is 0.264 e. The molecule has 2 heterocycles. The second-order valence-corrected chi connectivity index (χ2v) is 7.34. The molecule has 0 unspecified atom stereocenters. The number of halogens is 1. The fraction of sp³-hybridized carbons (Fsp3) is 0.200. The summed E-state index contributed by atoms with van der Waals surface area (Å²) in [5.74, 6) is 0. The summed E-state index contributed by atoms with van der Waals surface area (Å²) < 4.78 is 27.2. The molecule has 116 valence electrons. The number of nitrogens with two attached hydrogens (primary N) is 1. The van der Waals surface area contributed by atoms with Crippen LogP contribution in [0.1, 0.15) is 6.42 Å². The molecular formula is C15H16ClN3O2S. The zero-order valence-corrected chi connectivity index (χ0v) is 13.4. The molecule has 1 aromatic carbocycles. The number of dihydropyridines is 1. The Balaban J connectivity index is 2.02. The highest BCUT2D eigenvalue weighted by molar-refractivity contribution is 7.89. The Morgan fingerprint density at radius 2 is 2.18 bits per heavy atom. The molecule has 1 aromatic rings. The van der Waals surface area contributed by atoms with E-state index in [0.29, 0.717) is 30.2 Å². The molecule has 0 bridgehead atoms. The molecule has 0 atom stereocenters. The van der Waals surface area contributed by atoms with Crippen LogP contribution in [0.5, 0.6) is 0 Å². The summed E-state index contributed by atoms with van der Waals surface area (Å²) in [4.78, 5) is 0.184. The topological polar surface area (TPSA) is 75.4 Å². The van der Waals surface area contributed by atoms with E-state index in [1.165, 1.54) is 10.4 Å². The highest BCUT2D eigenvalue weighted by Gasteiger charge is 2.35. The first-order valence-electron chi connectivity index (χ1n) is 6.88. The SMILES string of the molecule is NCCC1=C2NC=CC=C2N(S(=O)(=O)c2cccc(Cl)c2)C1. The number of nitrogens with one attached hydrogen (secondary N) is 1. The first-order chi connectivity index (χ1) is 10.5. The van der Waals surface area contributed by atoms with E-state index < -0.39 is 10.0 Å². The predicted molar refractivity (Wildman–Crippen MR) is 86.4 cm³/mol. The second kappa shape index (κ2) is 5.79. The van der Waals surface area contributed by atoms with Crippen LogP contribution in [0.15, 0.2) is 64.5 Å². The Bertz CT molecular complexity index is 797. The highest BCUT2D eigenvalue weighted by Crippen LogP contribution is 2.34. The van der Waals surface area contributed by atoms with Gasteiger partial charge in [0.25, 0.3) is 10.0 Å². The lowest BCUT2D eigenvalue weighted by molar-refractivity contribution is 0.511. The third-order valence-electron chi connectivity index (χ3n) is 3.62. The Kier molecular flexibility index (Phi) is 3.99. The summed E-state index contributed by atoms with van der Waals surface area (Å²) in [6.45, 7) is 0.782. The normalized spacial score (nSPS) is 17.4. The molecule has 0 spiro atoms. The quantitative estimate of drug-likeness (QED) is 0.880. The number of hydrogen-bond acceptors (Lipinski definition) is 4. The molecule has 2 aliphatic rings. The maximum atomic E-state index is 12.9. The summed E-state index contributed by atoms with van der Waals surface area (Å²) >= 11 is 5.93. The maximum Gasteiger partial charge on any atom is 0.264 e. The summed E-state index contributed by atoms with van der Waals surface area (Å²) in [6.07, 6.45) is 6.00. The number of benzene rings is 1. The summed E-state index contributed by atoms with van der Waals surface area (Å²) in [6, 6.07) is 6.30. The molecule has 5 nitrogen and oxygen atoms in total. The minimum absolute atomic E-state index is 0.184. The molecule has 0 saturated carbocycles. The van der Waals surface area contributed by atoms with Gasteiger partial charge in [0, 0.05) is 11.2 Å². The lowest BCUT2D eigenvalue weighted by Crippen LogP contribution is -2.29. The average Bonchev–Trinajstić information content (AvgIpc) is 2.88. The Morgan fingerprint density at radius 1 is 1.36 bits per heavy atom. The molecule has 0 saturated heterocycles.